The maximum Gasteiger partial charge on any atom is 0.132 e. The Balaban J connectivity index is 2.14. The number of para-hydroxylation sites is 1. The Morgan fingerprint density at radius 3 is 2.90 bits per heavy atom. The molecule has 108 valence electrons. The second-order valence-electron chi connectivity index (χ2n) is 4.84. The highest BCUT2D eigenvalue weighted by Gasteiger charge is 2.21. The Hall–Kier alpha value is -1.72. The van der Waals surface area contributed by atoms with Gasteiger partial charge in [-0.3, -0.25) is 0 Å². The van der Waals surface area contributed by atoms with Crippen LogP contribution >= 0.6 is 15.9 Å². The number of nitrogens with one attached hydrogen (secondary N) is 1. The third kappa shape index (κ3) is 2.59. The smallest absolute Gasteiger partial charge is 0.132 e. The van der Waals surface area contributed by atoms with E-state index in [2.05, 4.69) is 49.9 Å². The molecule has 0 fully saturated rings. The predicted octanol–water partition coefficient (Wildman–Crippen LogP) is 3.52. The third-order valence-electron chi connectivity index (χ3n) is 3.61. The zero-order valence-electron chi connectivity index (χ0n) is 12.0. The summed E-state index contributed by atoms with van der Waals surface area (Å²) in [5, 5.41) is 4.45. The zero-order chi connectivity index (χ0) is 14.8. The predicted molar refractivity (Wildman–Crippen MR) is 88.2 cm³/mol. The van der Waals surface area contributed by atoms with E-state index in [0.717, 1.165) is 33.4 Å². The number of benzene rings is 1. The first-order chi connectivity index (χ1) is 10.2. The number of halogens is 1. The van der Waals surface area contributed by atoms with Gasteiger partial charge in [0.15, 0.2) is 0 Å². The van der Waals surface area contributed by atoms with Gasteiger partial charge in [0.05, 0.1) is 11.2 Å². The highest BCUT2D eigenvalue weighted by atomic mass is 79.9. The highest BCUT2D eigenvalue weighted by Crippen LogP contribution is 2.29. The van der Waals surface area contributed by atoms with E-state index >= 15 is 0 Å². The maximum atomic E-state index is 4.81. The summed E-state index contributed by atoms with van der Waals surface area (Å²) in [6.45, 7) is 3.00. The van der Waals surface area contributed by atoms with Gasteiger partial charge < -0.3 is 9.88 Å². The average molecular weight is 345 g/mol. The van der Waals surface area contributed by atoms with Crippen molar-refractivity contribution < 1.29 is 0 Å². The molecule has 0 aliphatic heterocycles. The lowest BCUT2D eigenvalue weighted by Gasteiger charge is -2.18. The molecule has 0 spiro atoms. The van der Waals surface area contributed by atoms with Crippen LogP contribution in [0.4, 0.5) is 0 Å². The molecule has 2 heterocycles. The van der Waals surface area contributed by atoms with E-state index in [1.807, 2.05) is 37.6 Å². The van der Waals surface area contributed by atoms with Crippen molar-refractivity contribution in [2.45, 2.75) is 19.5 Å². The van der Waals surface area contributed by atoms with Gasteiger partial charge >= 0.3 is 0 Å². The summed E-state index contributed by atoms with van der Waals surface area (Å²) in [5.74, 6) is 0.975. The van der Waals surface area contributed by atoms with Crippen LogP contribution in [0, 0.1) is 0 Å². The molecule has 3 aromatic rings. The number of hydrogen-bond acceptors (Lipinski definition) is 3. The van der Waals surface area contributed by atoms with Crippen molar-refractivity contribution in [2.24, 2.45) is 0 Å². The van der Waals surface area contributed by atoms with Crippen LogP contribution in [0.3, 0.4) is 0 Å². The Morgan fingerprint density at radius 2 is 2.14 bits per heavy atom. The second-order valence-corrected chi connectivity index (χ2v) is 5.70. The number of rotatable bonds is 4. The van der Waals surface area contributed by atoms with Crippen LogP contribution in [-0.4, -0.2) is 21.6 Å². The molecular formula is C16H17BrN4. The Labute approximate surface area is 132 Å². The summed E-state index contributed by atoms with van der Waals surface area (Å²) in [5.41, 5.74) is 1.95. The van der Waals surface area contributed by atoms with Gasteiger partial charge in [-0.05, 0) is 42.0 Å². The molecule has 0 bridgehead atoms. The molecule has 0 aliphatic rings. The molecule has 0 saturated carbocycles. The van der Waals surface area contributed by atoms with E-state index in [4.69, 9.17) is 4.98 Å². The molecular weight excluding hydrogens is 328 g/mol. The molecule has 1 N–H and O–H groups in total. The molecule has 0 aliphatic carbocycles. The Bertz CT molecular complexity index is 766. The Kier molecular flexibility index (Phi) is 4.03. The summed E-state index contributed by atoms with van der Waals surface area (Å²) in [6.07, 6.45) is 3.83. The molecule has 0 radical (unpaired) electrons. The number of aryl methyl sites for hydroxylation is 1. The first kappa shape index (κ1) is 14.2. The molecule has 1 unspecified atom stereocenters. The van der Waals surface area contributed by atoms with Crippen LogP contribution in [-0.2, 0) is 6.54 Å². The number of nitrogens with zero attached hydrogens (tertiary/aromatic N) is 3. The quantitative estimate of drug-likeness (QED) is 0.787. The molecule has 1 aromatic carbocycles. The lowest BCUT2D eigenvalue weighted by atomic mass is 10.1. The fraction of sp³-hybridized carbons (Fsp3) is 0.250. The summed E-state index contributed by atoms with van der Waals surface area (Å²) < 4.78 is 3.12. The normalized spacial score (nSPS) is 12.7. The third-order valence-corrected chi connectivity index (χ3v) is 4.25. The van der Waals surface area contributed by atoms with Crippen LogP contribution in [0.25, 0.3) is 10.9 Å². The van der Waals surface area contributed by atoms with E-state index in [9.17, 15) is 0 Å². The molecule has 21 heavy (non-hydrogen) atoms. The minimum absolute atomic E-state index is 0.0427. The molecule has 0 amide bonds. The van der Waals surface area contributed by atoms with Crippen molar-refractivity contribution in [3.63, 3.8) is 0 Å². The zero-order valence-corrected chi connectivity index (χ0v) is 13.6. The second kappa shape index (κ2) is 5.95. The van der Waals surface area contributed by atoms with E-state index in [1.165, 1.54) is 0 Å². The fourth-order valence-electron chi connectivity index (χ4n) is 2.54. The maximum absolute atomic E-state index is 4.81. The highest BCUT2D eigenvalue weighted by molar-refractivity contribution is 9.10. The van der Waals surface area contributed by atoms with Gasteiger partial charge in [-0.1, -0.05) is 18.2 Å². The SMILES string of the molecule is CCn1ccnc1C(NC)c1nc2ccccc2cc1Br. The monoisotopic (exact) mass is 344 g/mol. The summed E-state index contributed by atoms with van der Waals surface area (Å²) >= 11 is 3.65. The van der Waals surface area contributed by atoms with Crippen molar-refractivity contribution in [2.75, 3.05) is 7.05 Å². The van der Waals surface area contributed by atoms with Gasteiger partial charge in [-0.2, -0.15) is 0 Å². The fourth-order valence-corrected chi connectivity index (χ4v) is 3.11. The van der Waals surface area contributed by atoms with E-state index in [0.29, 0.717) is 0 Å². The van der Waals surface area contributed by atoms with Crippen molar-refractivity contribution in [1.82, 2.24) is 19.9 Å². The van der Waals surface area contributed by atoms with Gasteiger partial charge in [-0.15, -0.1) is 0 Å². The van der Waals surface area contributed by atoms with Crippen LogP contribution in [0.5, 0.6) is 0 Å². The summed E-state index contributed by atoms with van der Waals surface area (Å²) in [6, 6.07) is 10.2. The first-order valence-electron chi connectivity index (χ1n) is 6.98. The van der Waals surface area contributed by atoms with Crippen LogP contribution < -0.4 is 5.32 Å². The standard InChI is InChI=1S/C16H17BrN4/c1-3-21-9-8-19-16(21)15(18-2)14-12(17)10-11-6-4-5-7-13(11)20-14/h4-10,15,18H,3H2,1-2H3. The molecule has 4 nitrogen and oxygen atoms in total. The first-order valence-corrected chi connectivity index (χ1v) is 7.77. The number of hydrogen-bond donors (Lipinski definition) is 1. The van der Waals surface area contributed by atoms with Gasteiger partial charge in [0.25, 0.3) is 0 Å². The van der Waals surface area contributed by atoms with Crippen LogP contribution in [0.2, 0.25) is 0 Å². The van der Waals surface area contributed by atoms with Gasteiger partial charge in [0, 0.05) is 28.8 Å². The van der Waals surface area contributed by atoms with Crippen molar-refractivity contribution in [1.29, 1.82) is 0 Å². The summed E-state index contributed by atoms with van der Waals surface area (Å²) in [4.78, 5) is 9.31. The molecule has 3 rings (SSSR count). The number of fused-ring (bicyclic) bond motifs is 1. The molecule has 5 heteroatoms. The lowest BCUT2D eigenvalue weighted by Crippen LogP contribution is -2.23. The van der Waals surface area contributed by atoms with Crippen molar-refractivity contribution >= 4 is 26.8 Å². The topological polar surface area (TPSA) is 42.7 Å². The molecule has 1 atom stereocenters. The van der Waals surface area contributed by atoms with Crippen LogP contribution in [0.1, 0.15) is 24.5 Å². The van der Waals surface area contributed by atoms with Crippen molar-refractivity contribution in [3.05, 3.63) is 58.7 Å². The van der Waals surface area contributed by atoms with Gasteiger partial charge in [0.2, 0.25) is 0 Å². The molecule has 2 aromatic heterocycles. The minimum atomic E-state index is -0.0427. The van der Waals surface area contributed by atoms with Gasteiger partial charge in [-0.25, -0.2) is 9.97 Å². The van der Waals surface area contributed by atoms with Crippen molar-refractivity contribution in [3.8, 4) is 0 Å². The number of aromatic nitrogens is 3. The molecule has 0 saturated heterocycles. The largest absolute Gasteiger partial charge is 0.334 e. The lowest BCUT2D eigenvalue weighted by molar-refractivity contribution is 0.578. The Morgan fingerprint density at radius 1 is 1.33 bits per heavy atom. The summed E-state index contributed by atoms with van der Waals surface area (Å²) in [7, 11) is 1.93. The van der Waals surface area contributed by atoms with E-state index in [1.54, 1.807) is 0 Å². The van der Waals surface area contributed by atoms with E-state index < -0.39 is 0 Å². The average Bonchev–Trinajstić information content (AvgIpc) is 2.97. The van der Waals surface area contributed by atoms with Crippen LogP contribution in [0.15, 0.2) is 47.2 Å². The van der Waals surface area contributed by atoms with E-state index in [-0.39, 0.29) is 6.04 Å². The van der Waals surface area contributed by atoms with Gasteiger partial charge in [0.1, 0.15) is 11.9 Å². The number of pyridine rings is 1. The number of imidazole rings is 1. The minimum Gasteiger partial charge on any atom is -0.334 e.